The molecule has 1 atom stereocenters. The largest absolute Gasteiger partial charge is 0.508 e. The fourth-order valence-corrected chi connectivity index (χ4v) is 0.870. The minimum Gasteiger partial charge on any atom is -0.508 e. The van der Waals surface area contributed by atoms with E-state index in [-0.39, 0.29) is 5.75 Å². The van der Waals surface area contributed by atoms with Gasteiger partial charge in [0.15, 0.2) is 0 Å². The molecular weight excluding hydrogens is 154 g/mol. The summed E-state index contributed by atoms with van der Waals surface area (Å²) in [6, 6.07) is 4.83. The van der Waals surface area contributed by atoms with Crippen LogP contribution in [0.25, 0.3) is 0 Å². The maximum Gasteiger partial charge on any atom is 0.117 e. The van der Waals surface area contributed by atoms with Gasteiger partial charge in [-0.25, -0.2) is 0 Å². The number of phenolic OH excluding ortho intramolecular Hbond substituents is 1. The first-order valence-corrected chi connectivity index (χ1v) is 3.39. The summed E-state index contributed by atoms with van der Waals surface area (Å²) >= 11 is 5.63. The molecule has 0 fully saturated rings. The lowest BCUT2D eigenvalue weighted by Gasteiger charge is -1.95. The van der Waals surface area contributed by atoms with E-state index in [2.05, 4.69) is 9.24 Å². The lowest BCUT2D eigenvalue weighted by atomic mass is 10.3. The molecule has 0 heterocycles. The Balaban J connectivity index is 3.17. The third-order valence-corrected chi connectivity index (χ3v) is 2.00. The van der Waals surface area contributed by atoms with Crippen LogP contribution < -0.4 is 5.30 Å². The molecule has 1 N–H and O–H groups in total. The van der Waals surface area contributed by atoms with Gasteiger partial charge in [-0.1, -0.05) is 11.6 Å². The molecule has 0 saturated heterocycles. The number of aromatic hydroxyl groups is 1. The predicted molar refractivity (Wildman–Crippen MR) is 42.5 cm³/mol. The van der Waals surface area contributed by atoms with E-state index < -0.39 is 0 Å². The van der Waals surface area contributed by atoms with Crippen LogP contribution in [0.15, 0.2) is 18.2 Å². The minimum absolute atomic E-state index is 0.200. The Bertz CT molecular complexity index is 224. The fraction of sp³-hybridized carbons (Fsp3) is 0. The quantitative estimate of drug-likeness (QED) is 0.571. The van der Waals surface area contributed by atoms with Gasteiger partial charge in [-0.2, -0.15) is 0 Å². The molecule has 0 aliphatic rings. The van der Waals surface area contributed by atoms with Crippen molar-refractivity contribution in [1.82, 2.24) is 0 Å². The SMILES string of the molecule is Oc1ccc(P)c(Cl)c1. The monoisotopic (exact) mass is 160 g/mol. The Labute approximate surface area is 60.9 Å². The molecule has 1 aromatic carbocycles. The number of phenols is 1. The molecule has 1 rings (SSSR count). The molecular formula is C6H6ClOP. The zero-order valence-electron chi connectivity index (χ0n) is 4.63. The first-order chi connectivity index (χ1) is 4.20. The van der Waals surface area contributed by atoms with Crippen LogP contribution in [0.2, 0.25) is 5.02 Å². The summed E-state index contributed by atoms with van der Waals surface area (Å²) in [4.78, 5) is 0. The Morgan fingerprint density at radius 3 is 2.56 bits per heavy atom. The summed E-state index contributed by atoms with van der Waals surface area (Å²) in [5.74, 6) is 0.200. The highest BCUT2D eigenvalue weighted by atomic mass is 35.5. The molecule has 0 radical (unpaired) electrons. The fourth-order valence-electron chi connectivity index (χ4n) is 0.516. The van der Waals surface area contributed by atoms with Crippen LogP contribution in [0, 0.1) is 0 Å². The highest BCUT2D eigenvalue weighted by Gasteiger charge is 1.93. The van der Waals surface area contributed by atoms with Gasteiger partial charge in [0, 0.05) is 0 Å². The Morgan fingerprint density at radius 1 is 1.44 bits per heavy atom. The van der Waals surface area contributed by atoms with Gasteiger partial charge >= 0.3 is 0 Å². The molecule has 48 valence electrons. The second-order valence-corrected chi connectivity index (χ2v) is 2.74. The highest BCUT2D eigenvalue weighted by Crippen LogP contribution is 2.15. The zero-order valence-corrected chi connectivity index (χ0v) is 6.55. The number of benzene rings is 1. The molecule has 0 aromatic heterocycles. The third kappa shape index (κ3) is 1.57. The normalized spacial score (nSPS) is 9.56. The maximum atomic E-state index is 8.84. The van der Waals surface area contributed by atoms with Crippen LogP contribution in [0.4, 0.5) is 0 Å². The molecule has 0 amide bonds. The molecule has 0 aliphatic heterocycles. The third-order valence-electron chi connectivity index (χ3n) is 0.984. The van der Waals surface area contributed by atoms with Gasteiger partial charge in [-0.3, -0.25) is 0 Å². The van der Waals surface area contributed by atoms with E-state index in [0.717, 1.165) is 5.30 Å². The van der Waals surface area contributed by atoms with Crippen molar-refractivity contribution in [3.05, 3.63) is 23.2 Å². The second kappa shape index (κ2) is 2.55. The smallest absolute Gasteiger partial charge is 0.117 e. The van der Waals surface area contributed by atoms with Gasteiger partial charge in [0.2, 0.25) is 0 Å². The number of rotatable bonds is 0. The molecule has 3 heteroatoms. The first-order valence-electron chi connectivity index (χ1n) is 2.44. The molecule has 0 aliphatic carbocycles. The van der Waals surface area contributed by atoms with E-state index in [0.29, 0.717) is 5.02 Å². The molecule has 9 heavy (non-hydrogen) atoms. The number of hydrogen-bond acceptors (Lipinski definition) is 1. The summed E-state index contributed by atoms with van der Waals surface area (Å²) < 4.78 is 0. The van der Waals surface area contributed by atoms with Crippen LogP contribution in [0.5, 0.6) is 5.75 Å². The summed E-state index contributed by atoms with van der Waals surface area (Å²) in [5.41, 5.74) is 0. The topological polar surface area (TPSA) is 20.2 Å². The van der Waals surface area contributed by atoms with Crippen LogP contribution in [-0.2, 0) is 0 Å². The standard InChI is InChI=1S/C6H6ClOP/c7-5-3-4(8)1-2-6(5)9/h1-3,8H,9H2. The van der Waals surface area contributed by atoms with Crippen LogP contribution >= 0.6 is 20.8 Å². The Morgan fingerprint density at radius 2 is 2.11 bits per heavy atom. The lowest BCUT2D eigenvalue weighted by Crippen LogP contribution is -1.88. The number of halogens is 1. The van der Waals surface area contributed by atoms with Gasteiger partial charge in [0.1, 0.15) is 5.75 Å². The van der Waals surface area contributed by atoms with Crippen molar-refractivity contribution in [2.75, 3.05) is 0 Å². The van der Waals surface area contributed by atoms with E-state index >= 15 is 0 Å². The van der Waals surface area contributed by atoms with Crippen LogP contribution in [-0.4, -0.2) is 5.11 Å². The summed E-state index contributed by atoms with van der Waals surface area (Å²) in [5, 5.41) is 10.3. The van der Waals surface area contributed by atoms with Crippen molar-refractivity contribution in [2.45, 2.75) is 0 Å². The van der Waals surface area contributed by atoms with Gasteiger partial charge < -0.3 is 5.11 Å². The van der Waals surface area contributed by atoms with Crippen molar-refractivity contribution in [3.8, 4) is 5.75 Å². The van der Waals surface area contributed by atoms with E-state index in [1.807, 2.05) is 0 Å². The number of hydrogen-bond donors (Lipinski definition) is 1. The lowest BCUT2D eigenvalue weighted by molar-refractivity contribution is 0.475. The Hall–Kier alpha value is -0.260. The van der Waals surface area contributed by atoms with Crippen molar-refractivity contribution in [2.24, 2.45) is 0 Å². The average Bonchev–Trinajstić information content (AvgIpc) is 1.80. The zero-order chi connectivity index (χ0) is 6.85. The van der Waals surface area contributed by atoms with Crippen molar-refractivity contribution < 1.29 is 5.11 Å². The van der Waals surface area contributed by atoms with Crippen LogP contribution in [0.1, 0.15) is 0 Å². The predicted octanol–water partition coefficient (Wildman–Crippen LogP) is 1.55. The van der Waals surface area contributed by atoms with Gasteiger partial charge in [-0.05, 0) is 23.5 Å². The summed E-state index contributed by atoms with van der Waals surface area (Å²) in [6.45, 7) is 0. The Kier molecular flexibility index (Phi) is 1.94. The maximum absolute atomic E-state index is 8.84. The van der Waals surface area contributed by atoms with Crippen molar-refractivity contribution in [3.63, 3.8) is 0 Å². The summed E-state index contributed by atoms with van der Waals surface area (Å²) in [6.07, 6.45) is 0. The van der Waals surface area contributed by atoms with E-state index in [4.69, 9.17) is 16.7 Å². The minimum atomic E-state index is 0.200. The molecule has 0 saturated carbocycles. The van der Waals surface area contributed by atoms with E-state index in [1.165, 1.54) is 6.07 Å². The molecule has 1 aromatic rings. The van der Waals surface area contributed by atoms with Gasteiger partial charge in [0.05, 0.1) is 5.02 Å². The van der Waals surface area contributed by atoms with Crippen LogP contribution in [0.3, 0.4) is 0 Å². The second-order valence-electron chi connectivity index (χ2n) is 1.71. The molecule has 1 nitrogen and oxygen atoms in total. The van der Waals surface area contributed by atoms with E-state index in [1.54, 1.807) is 12.1 Å². The van der Waals surface area contributed by atoms with E-state index in [9.17, 15) is 0 Å². The van der Waals surface area contributed by atoms with Crippen molar-refractivity contribution in [1.29, 1.82) is 0 Å². The van der Waals surface area contributed by atoms with Gasteiger partial charge in [0.25, 0.3) is 0 Å². The van der Waals surface area contributed by atoms with Crippen molar-refractivity contribution >= 4 is 26.1 Å². The average molecular weight is 161 g/mol. The molecule has 1 unspecified atom stereocenters. The first kappa shape index (κ1) is 6.85. The molecule has 0 bridgehead atoms. The highest BCUT2D eigenvalue weighted by molar-refractivity contribution is 7.28. The summed E-state index contributed by atoms with van der Waals surface area (Å²) in [7, 11) is 2.47. The van der Waals surface area contributed by atoms with Gasteiger partial charge in [-0.15, -0.1) is 9.24 Å². The molecule has 0 spiro atoms.